The van der Waals surface area contributed by atoms with Crippen LogP contribution in [0.1, 0.15) is 30.5 Å². The van der Waals surface area contributed by atoms with E-state index >= 15 is 0 Å². The van der Waals surface area contributed by atoms with Gasteiger partial charge in [-0.05, 0) is 47.7 Å². The normalized spacial score (nSPS) is 17.1. The zero-order valence-electron chi connectivity index (χ0n) is 19.0. The number of halogens is 1. The highest BCUT2D eigenvalue weighted by atomic mass is 32.2. The molecule has 1 unspecified atom stereocenters. The molecule has 1 N–H and O–H groups in total. The zero-order chi connectivity index (χ0) is 24.2. The Morgan fingerprint density at radius 1 is 1.12 bits per heavy atom. The monoisotopic (exact) mass is 481 g/mol. The first-order valence-electron chi connectivity index (χ1n) is 10.6. The Bertz CT molecular complexity index is 1190. The lowest BCUT2D eigenvalue weighted by Gasteiger charge is -2.36. The largest absolute Gasteiger partial charge is 0.497 e. The van der Waals surface area contributed by atoms with Gasteiger partial charge in [-0.3, -0.25) is 4.79 Å². The molecule has 2 aromatic carbocycles. The first-order valence-corrected chi connectivity index (χ1v) is 11.5. The molecule has 0 aliphatic carbocycles. The highest BCUT2D eigenvalue weighted by molar-refractivity contribution is 8.16. The third-order valence-corrected chi connectivity index (χ3v) is 6.47. The number of carbonyl (C=O) groups excluding carboxylic acids is 2. The van der Waals surface area contributed by atoms with Gasteiger partial charge in [-0.15, -0.1) is 0 Å². The lowest BCUT2D eigenvalue weighted by atomic mass is 9.94. The fourth-order valence-corrected chi connectivity index (χ4v) is 4.84. The van der Waals surface area contributed by atoms with Crippen molar-refractivity contribution in [2.45, 2.75) is 25.9 Å². The van der Waals surface area contributed by atoms with Crippen LogP contribution in [0.2, 0.25) is 0 Å². The molecule has 0 aromatic heterocycles. The minimum atomic E-state index is -0.503. The number of hydrogen-bond donors (Lipinski definition) is 1. The smallest absolute Gasteiger partial charge is 0.338 e. The van der Waals surface area contributed by atoms with Crippen LogP contribution in [-0.2, 0) is 20.9 Å². The van der Waals surface area contributed by atoms with Gasteiger partial charge in [0.05, 0.1) is 38.0 Å². The maximum Gasteiger partial charge on any atom is 0.338 e. The van der Waals surface area contributed by atoms with Crippen molar-refractivity contribution in [2.24, 2.45) is 4.99 Å². The van der Waals surface area contributed by atoms with E-state index in [-0.39, 0.29) is 24.7 Å². The molecule has 0 saturated carbocycles. The number of amidine groups is 1. The average Bonchev–Trinajstić information content (AvgIpc) is 3.24. The Balaban J connectivity index is 1.58. The molecular formula is C25H24FN3O4S. The van der Waals surface area contributed by atoms with E-state index in [2.05, 4.69) is 10.3 Å². The van der Waals surface area contributed by atoms with Gasteiger partial charge < -0.3 is 19.7 Å². The molecular weight excluding hydrogens is 457 g/mol. The number of aliphatic imine (C=N–C) groups is 1. The second kappa shape index (κ2) is 10.1. The Hall–Kier alpha value is -3.59. The quantitative estimate of drug-likeness (QED) is 0.595. The number of ether oxygens (including phenoxy) is 2. The fourth-order valence-electron chi connectivity index (χ4n) is 3.87. The third-order valence-electron chi connectivity index (χ3n) is 5.58. The number of fused-ring (bicyclic) bond motifs is 1. The Morgan fingerprint density at radius 3 is 2.47 bits per heavy atom. The number of carbonyl (C=O) groups is 2. The molecule has 7 nitrogen and oxygen atoms in total. The summed E-state index contributed by atoms with van der Waals surface area (Å²) in [5.41, 5.74) is 3.34. The molecule has 0 fully saturated rings. The number of amides is 1. The van der Waals surface area contributed by atoms with Crippen LogP contribution in [0.25, 0.3) is 0 Å². The number of benzene rings is 2. The van der Waals surface area contributed by atoms with Gasteiger partial charge >= 0.3 is 5.97 Å². The Kier molecular flexibility index (Phi) is 7.02. The van der Waals surface area contributed by atoms with E-state index in [0.29, 0.717) is 22.2 Å². The molecule has 2 heterocycles. The van der Waals surface area contributed by atoms with Gasteiger partial charge in [-0.1, -0.05) is 36.0 Å². The number of thioether (sulfide) groups is 1. The maximum atomic E-state index is 13.1. The summed E-state index contributed by atoms with van der Waals surface area (Å²) in [5, 5.41) is 5.43. The molecule has 0 spiro atoms. The van der Waals surface area contributed by atoms with E-state index < -0.39 is 12.0 Å². The first kappa shape index (κ1) is 23.6. The highest BCUT2D eigenvalue weighted by Crippen LogP contribution is 2.45. The molecule has 9 heteroatoms. The van der Waals surface area contributed by atoms with E-state index in [9.17, 15) is 14.0 Å². The molecule has 1 atom stereocenters. The van der Waals surface area contributed by atoms with Crippen molar-refractivity contribution in [2.75, 3.05) is 14.2 Å². The van der Waals surface area contributed by atoms with Gasteiger partial charge in [0.2, 0.25) is 5.91 Å². The molecule has 176 valence electrons. The second-order valence-electron chi connectivity index (χ2n) is 7.74. The molecule has 1 amide bonds. The summed E-state index contributed by atoms with van der Waals surface area (Å²) in [5.74, 6) is -0.301. The van der Waals surface area contributed by atoms with Gasteiger partial charge in [0.15, 0.2) is 5.17 Å². The summed E-state index contributed by atoms with van der Waals surface area (Å²) >= 11 is 1.40. The van der Waals surface area contributed by atoms with Crippen LogP contribution < -0.4 is 10.1 Å². The molecule has 2 aliphatic rings. The fraction of sp³-hybridized carbons (Fsp3) is 0.240. The van der Waals surface area contributed by atoms with E-state index in [1.54, 1.807) is 26.2 Å². The summed E-state index contributed by atoms with van der Waals surface area (Å²) in [6, 6.07) is 12.9. The molecule has 2 aliphatic heterocycles. The van der Waals surface area contributed by atoms with E-state index in [1.165, 1.54) is 31.0 Å². The molecule has 4 rings (SSSR count). The van der Waals surface area contributed by atoms with Crippen molar-refractivity contribution in [3.05, 3.63) is 87.9 Å². The predicted molar refractivity (Wildman–Crippen MR) is 128 cm³/mol. The number of methoxy groups -OCH3 is 2. The summed E-state index contributed by atoms with van der Waals surface area (Å²) in [4.78, 5) is 32.0. The van der Waals surface area contributed by atoms with Crippen molar-refractivity contribution in [3.63, 3.8) is 0 Å². The van der Waals surface area contributed by atoms with Crippen molar-refractivity contribution < 1.29 is 23.5 Å². The Morgan fingerprint density at radius 2 is 1.82 bits per heavy atom. The van der Waals surface area contributed by atoms with Gasteiger partial charge in [-0.25, -0.2) is 14.2 Å². The maximum absolute atomic E-state index is 13.1. The molecule has 2 aromatic rings. The number of nitrogens with one attached hydrogen (secondary N) is 1. The number of esters is 1. The van der Waals surface area contributed by atoms with Gasteiger partial charge in [-0.2, -0.15) is 0 Å². The van der Waals surface area contributed by atoms with E-state index in [0.717, 1.165) is 16.8 Å². The van der Waals surface area contributed by atoms with E-state index in [1.807, 2.05) is 34.6 Å². The molecule has 34 heavy (non-hydrogen) atoms. The number of hydrogen-bond acceptors (Lipinski definition) is 7. The Labute approximate surface area is 201 Å². The van der Waals surface area contributed by atoms with Crippen LogP contribution in [0, 0.1) is 5.82 Å². The topological polar surface area (TPSA) is 80.2 Å². The second-order valence-corrected chi connectivity index (χ2v) is 8.57. The lowest BCUT2D eigenvalue weighted by molar-refractivity contribution is -0.136. The van der Waals surface area contributed by atoms with Crippen LogP contribution >= 0.6 is 11.8 Å². The van der Waals surface area contributed by atoms with Crippen LogP contribution in [0.4, 0.5) is 4.39 Å². The molecule has 0 bridgehead atoms. The lowest BCUT2D eigenvalue weighted by Crippen LogP contribution is -2.37. The standard InChI is InChI=1S/C25H24FN3O4S/c1-15-22(24(31)33-3)23(17-6-10-20(32-2)11-7-17)29-19(14-34-25(29)28-15)12-21(30)27-13-16-4-8-18(26)9-5-16/h4-11,14,23H,12-13H2,1-3H3,(H,27,30). The SMILES string of the molecule is COC(=O)C1=C(C)N=C2SC=C(CC(=O)NCc3ccc(F)cc3)N2C1c1ccc(OC)cc1. The summed E-state index contributed by atoms with van der Waals surface area (Å²) in [7, 11) is 2.93. The summed E-state index contributed by atoms with van der Waals surface area (Å²) in [6.07, 6.45) is 0.0906. The molecule has 0 saturated heterocycles. The minimum absolute atomic E-state index is 0.0906. The van der Waals surface area contributed by atoms with Gasteiger partial charge in [0, 0.05) is 12.2 Å². The molecule has 0 radical (unpaired) electrons. The van der Waals surface area contributed by atoms with Crippen molar-refractivity contribution in [1.82, 2.24) is 10.2 Å². The van der Waals surface area contributed by atoms with Crippen molar-refractivity contribution in [3.8, 4) is 5.75 Å². The number of nitrogens with zero attached hydrogens (tertiary/aromatic N) is 2. The summed E-state index contributed by atoms with van der Waals surface area (Å²) in [6.45, 7) is 2.07. The van der Waals surface area contributed by atoms with Crippen LogP contribution in [0.5, 0.6) is 5.75 Å². The average molecular weight is 482 g/mol. The van der Waals surface area contributed by atoms with Gasteiger partial charge in [0.1, 0.15) is 11.6 Å². The summed E-state index contributed by atoms with van der Waals surface area (Å²) < 4.78 is 23.5. The predicted octanol–water partition coefficient (Wildman–Crippen LogP) is 4.29. The third kappa shape index (κ3) is 4.84. The van der Waals surface area contributed by atoms with Crippen molar-refractivity contribution in [1.29, 1.82) is 0 Å². The van der Waals surface area contributed by atoms with Gasteiger partial charge in [0.25, 0.3) is 0 Å². The minimum Gasteiger partial charge on any atom is -0.497 e. The number of rotatable bonds is 7. The highest BCUT2D eigenvalue weighted by Gasteiger charge is 2.40. The number of allylic oxidation sites excluding steroid dienone is 1. The van der Waals surface area contributed by atoms with E-state index in [4.69, 9.17) is 9.47 Å². The zero-order valence-corrected chi connectivity index (χ0v) is 19.8. The first-order chi connectivity index (χ1) is 16.4. The van der Waals surface area contributed by atoms with Crippen LogP contribution in [0.15, 0.2) is 75.9 Å². The van der Waals surface area contributed by atoms with Crippen molar-refractivity contribution >= 4 is 28.8 Å². The van der Waals surface area contributed by atoms with Crippen LogP contribution in [-0.4, -0.2) is 36.2 Å². The van der Waals surface area contributed by atoms with Crippen LogP contribution in [0.3, 0.4) is 0 Å².